The summed E-state index contributed by atoms with van der Waals surface area (Å²) in [4.78, 5) is 0.744. The van der Waals surface area contributed by atoms with E-state index in [1.54, 1.807) is 0 Å². The van der Waals surface area contributed by atoms with Gasteiger partial charge < -0.3 is 0 Å². The van der Waals surface area contributed by atoms with Crippen LogP contribution in [0.2, 0.25) is 0 Å². The summed E-state index contributed by atoms with van der Waals surface area (Å²) in [7, 11) is 0. The van der Waals surface area contributed by atoms with E-state index in [1.807, 2.05) is 13.8 Å². The lowest BCUT2D eigenvalue weighted by Crippen LogP contribution is -2.25. The van der Waals surface area contributed by atoms with Gasteiger partial charge in [0.2, 0.25) is 0 Å². The molecule has 3 atom stereocenters. The van der Waals surface area contributed by atoms with Gasteiger partial charge >= 0.3 is 0 Å². The Labute approximate surface area is 136 Å². The van der Waals surface area contributed by atoms with Gasteiger partial charge in [-0.25, -0.2) is 8.60 Å². The molecule has 1 aliphatic carbocycles. The molecule has 2 nitrogen and oxygen atoms in total. The molecule has 1 saturated carbocycles. The molecule has 0 amide bonds. The van der Waals surface area contributed by atoms with Crippen molar-refractivity contribution in [2.24, 2.45) is 0 Å². The number of hydrogen-bond donors (Lipinski definition) is 0. The molecule has 0 spiro atoms. The van der Waals surface area contributed by atoms with Crippen LogP contribution in [-0.4, -0.2) is 16.5 Å². The van der Waals surface area contributed by atoms with E-state index < -0.39 is 17.3 Å². The van der Waals surface area contributed by atoms with Crippen LogP contribution >= 0.6 is 0 Å². The molecule has 0 radical (unpaired) electrons. The van der Waals surface area contributed by atoms with Gasteiger partial charge in [-0.05, 0) is 55.2 Å². The van der Waals surface area contributed by atoms with E-state index in [4.69, 9.17) is 4.18 Å². The van der Waals surface area contributed by atoms with Crippen molar-refractivity contribution in [3.8, 4) is 0 Å². The van der Waals surface area contributed by atoms with Gasteiger partial charge in [0.15, 0.2) is 11.1 Å². The minimum Gasteiger partial charge on any atom is -0.283 e. The van der Waals surface area contributed by atoms with Gasteiger partial charge in [0.05, 0.1) is 11.0 Å². The molecule has 1 aliphatic rings. The molecule has 1 aromatic carbocycles. The highest BCUT2D eigenvalue weighted by molar-refractivity contribution is 7.80. The fourth-order valence-corrected chi connectivity index (χ4v) is 4.16. The van der Waals surface area contributed by atoms with Gasteiger partial charge in [-0.3, -0.25) is 4.18 Å². The number of halogens is 1. The first-order chi connectivity index (χ1) is 10.2. The molecule has 3 unspecified atom stereocenters. The van der Waals surface area contributed by atoms with Gasteiger partial charge in [-0.2, -0.15) is 0 Å². The van der Waals surface area contributed by atoms with Crippen molar-refractivity contribution in [2.75, 3.05) is 0 Å². The molecule has 0 N–H and O–H groups in total. The van der Waals surface area contributed by atoms with Crippen LogP contribution in [-0.2, 0) is 20.7 Å². The first-order valence-electron chi connectivity index (χ1n) is 8.03. The Morgan fingerprint density at radius 2 is 1.77 bits per heavy atom. The maximum Gasteiger partial charge on any atom is 0.189 e. The zero-order valence-electron chi connectivity index (χ0n) is 14.2. The fraction of sp³-hybridized carbons (Fsp3) is 0.667. The van der Waals surface area contributed by atoms with E-state index in [0.29, 0.717) is 12.8 Å². The van der Waals surface area contributed by atoms with Crippen molar-refractivity contribution in [1.29, 1.82) is 0 Å². The second kappa shape index (κ2) is 6.79. The summed E-state index contributed by atoms with van der Waals surface area (Å²) in [5, 5.41) is 0. The van der Waals surface area contributed by atoms with E-state index in [0.717, 1.165) is 28.9 Å². The zero-order chi connectivity index (χ0) is 16.5. The lowest BCUT2D eigenvalue weighted by atomic mass is 9.85. The fourth-order valence-electron chi connectivity index (χ4n) is 2.99. The lowest BCUT2D eigenvalue weighted by molar-refractivity contribution is 0.115. The van der Waals surface area contributed by atoms with Crippen LogP contribution in [0.3, 0.4) is 0 Å². The van der Waals surface area contributed by atoms with Crippen molar-refractivity contribution in [2.45, 2.75) is 82.9 Å². The highest BCUT2D eigenvalue weighted by Crippen LogP contribution is 2.31. The molecule has 0 heterocycles. The number of alkyl halides is 1. The second-order valence-electron chi connectivity index (χ2n) is 7.41. The van der Waals surface area contributed by atoms with Crippen molar-refractivity contribution in [3.63, 3.8) is 0 Å². The Balaban J connectivity index is 2.19. The van der Waals surface area contributed by atoms with Crippen LogP contribution in [0.25, 0.3) is 0 Å². The van der Waals surface area contributed by atoms with Gasteiger partial charge in [0.25, 0.3) is 0 Å². The monoisotopic (exact) mass is 326 g/mol. The van der Waals surface area contributed by atoms with Crippen LogP contribution in [0, 0.1) is 13.8 Å². The number of hydrogen-bond acceptors (Lipinski definition) is 2. The van der Waals surface area contributed by atoms with E-state index in [2.05, 4.69) is 32.9 Å². The van der Waals surface area contributed by atoms with Crippen molar-refractivity contribution < 1.29 is 12.8 Å². The van der Waals surface area contributed by atoms with Crippen LogP contribution in [0.5, 0.6) is 0 Å². The summed E-state index contributed by atoms with van der Waals surface area (Å²) in [6.07, 6.45) is 1.52. The smallest absolute Gasteiger partial charge is 0.189 e. The largest absolute Gasteiger partial charge is 0.283 e. The second-order valence-corrected chi connectivity index (χ2v) is 8.48. The van der Waals surface area contributed by atoms with Crippen LogP contribution in [0.15, 0.2) is 17.0 Å². The summed E-state index contributed by atoms with van der Waals surface area (Å²) in [5.41, 5.74) is 3.25. The molecule has 22 heavy (non-hydrogen) atoms. The SMILES string of the molecule is Cc1cc(C(C)(C)C)cc(C)c1S(=O)OC1CCCC(F)C1. The summed E-state index contributed by atoms with van der Waals surface area (Å²) in [6.45, 7) is 10.4. The third-order valence-electron chi connectivity index (χ3n) is 4.28. The van der Waals surface area contributed by atoms with E-state index in [9.17, 15) is 8.60 Å². The molecule has 0 aliphatic heterocycles. The Hall–Kier alpha value is -0.740. The topological polar surface area (TPSA) is 26.3 Å². The average molecular weight is 326 g/mol. The molecule has 1 aromatic rings. The van der Waals surface area contributed by atoms with Crippen molar-refractivity contribution >= 4 is 11.1 Å². The standard InChI is InChI=1S/C18H27FO2S/c1-12-9-14(18(3,4)5)10-13(2)17(12)22(20)21-16-8-6-7-15(19)11-16/h9-10,15-16H,6-8,11H2,1-5H3. The van der Waals surface area contributed by atoms with Crippen LogP contribution in [0.4, 0.5) is 4.39 Å². The molecular formula is C18H27FO2S. The van der Waals surface area contributed by atoms with Gasteiger partial charge in [-0.1, -0.05) is 32.9 Å². The average Bonchev–Trinajstić information content (AvgIpc) is 2.36. The number of aryl methyl sites for hydroxylation is 2. The first-order valence-corrected chi connectivity index (χ1v) is 9.10. The van der Waals surface area contributed by atoms with E-state index in [-0.39, 0.29) is 11.5 Å². The minimum absolute atomic E-state index is 0.0568. The normalized spacial score (nSPS) is 24.3. The predicted molar refractivity (Wildman–Crippen MR) is 89.3 cm³/mol. The molecule has 2 rings (SSSR count). The lowest BCUT2D eigenvalue weighted by Gasteiger charge is -2.25. The summed E-state index contributed by atoms with van der Waals surface area (Å²) in [5.74, 6) is 0. The number of benzene rings is 1. The third kappa shape index (κ3) is 4.17. The maximum absolute atomic E-state index is 13.5. The zero-order valence-corrected chi connectivity index (χ0v) is 15.1. The summed E-state index contributed by atoms with van der Waals surface area (Å²) < 4.78 is 31.7. The molecule has 0 aromatic heterocycles. The van der Waals surface area contributed by atoms with E-state index >= 15 is 0 Å². The molecule has 1 fully saturated rings. The van der Waals surface area contributed by atoms with Crippen LogP contribution in [0.1, 0.15) is 63.1 Å². The van der Waals surface area contributed by atoms with E-state index in [1.165, 1.54) is 5.56 Å². The Bertz CT molecular complexity index is 540. The third-order valence-corrected chi connectivity index (χ3v) is 5.70. The van der Waals surface area contributed by atoms with Gasteiger partial charge in [0.1, 0.15) is 6.17 Å². The van der Waals surface area contributed by atoms with Gasteiger partial charge in [-0.15, -0.1) is 0 Å². The highest BCUT2D eigenvalue weighted by Gasteiger charge is 2.26. The Kier molecular flexibility index (Phi) is 5.44. The van der Waals surface area contributed by atoms with Gasteiger partial charge in [0, 0.05) is 6.42 Å². The summed E-state index contributed by atoms with van der Waals surface area (Å²) >= 11 is -1.52. The Morgan fingerprint density at radius 1 is 1.18 bits per heavy atom. The molecule has 0 saturated heterocycles. The van der Waals surface area contributed by atoms with Crippen LogP contribution < -0.4 is 0 Å². The number of rotatable bonds is 3. The maximum atomic E-state index is 13.5. The van der Waals surface area contributed by atoms with Crippen molar-refractivity contribution in [3.05, 3.63) is 28.8 Å². The summed E-state index contributed by atoms with van der Waals surface area (Å²) in [6, 6.07) is 4.17. The first kappa shape index (κ1) is 17.6. The highest BCUT2D eigenvalue weighted by atomic mass is 32.2. The molecule has 0 bridgehead atoms. The quantitative estimate of drug-likeness (QED) is 0.788. The molecular weight excluding hydrogens is 299 g/mol. The minimum atomic E-state index is -1.52. The van der Waals surface area contributed by atoms with Crippen molar-refractivity contribution in [1.82, 2.24) is 0 Å². The molecule has 124 valence electrons. The Morgan fingerprint density at radius 3 is 2.27 bits per heavy atom. The molecule has 4 heteroatoms. The predicted octanol–water partition coefficient (Wildman–Crippen LogP) is 4.92.